The minimum Gasteiger partial charge on any atom is -0.493 e. The molecule has 1 N–H and O–H groups in total. The van der Waals surface area contributed by atoms with Gasteiger partial charge in [0.15, 0.2) is 0 Å². The van der Waals surface area contributed by atoms with Crippen molar-refractivity contribution >= 4 is 11.9 Å². The first kappa shape index (κ1) is 17.6. The van der Waals surface area contributed by atoms with E-state index in [1.807, 2.05) is 42.5 Å². The maximum atomic E-state index is 12.9. The number of hydrogen-bond acceptors (Lipinski definition) is 3. The molecule has 5 nitrogen and oxygen atoms in total. The van der Waals surface area contributed by atoms with Crippen LogP contribution in [0.25, 0.3) is 0 Å². The van der Waals surface area contributed by atoms with Crippen LogP contribution in [-0.2, 0) is 4.79 Å². The molecule has 0 aromatic heterocycles. The molecular formula is C22H23NO4. The molecule has 27 heavy (non-hydrogen) atoms. The van der Waals surface area contributed by atoms with E-state index in [9.17, 15) is 14.7 Å². The van der Waals surface area contributed by atoms with Gasteiger partial charge in [-0.3, -0.25) is 9.59 Å². The molecule has 140 valence electrons. The minimum atomic E-state index is -0.858. The Kier molecular flexibility index (Phi) is 4.84. The van der Waals surface area contributed by atoms with E-state index in [4.69, 9.17) is 4.74 Å². The summed E-state index contributed by atoms with van der Waals surface area (Å²) in [5.41, 5.74) is 1.52. The highest BCUT2D eigenvalue weighted by molar-refractivity contribution is 5.95. The monoisotopic (exact) mass is 365 g/mol. The summed E-state index contributed by atoms with van der Waals surface area (Å²) < 4.78 is 5.71. The van der Waals surface area contributed by atoms with E-state index in [2.05, 4.69) is 0 Å². The van der Waals surface area contributed by atoms with Crippen LogP contribution >= 0.6 is 0 Å². The van der Waals surface area contributed by atoms with Crippen molar-refractivity contribution < 1.29 is 19.4 Å². The summed E-state index contributed by atoms with van der Waals surface area (Å²) in [6, 6.07) is 16.7. The lowest BCUT2D eigenvalue weighted by Gasteiger charge is -2.17. The van der Waals surface area contributed by atoms with Crippen molar-refractivity contribution in [1.82, 2.24) is 4.90 Å². The van der Waals surface area contributed by atoms with E-state index < -0.39 is 11.9 Å². The van der Waals surface area contributed by atoms with Gasteiger partial charge in [-0.15, -0.1) is 0 Å². The number of carboxylic acids is 1. The van der Waals surface area contributed by atoms with E-state index in [0.29, 0.717) is 18.0 Å². The first-order valence-corrected chi connectivity index (χ1v) is 9.41. The molecule has 1 saturated heterocycles. The summed E-state index contributed by atoms with van der Waals surface area (Å²) in [6.07, 6.45) is 2.47. The van der Waals surface area contributed by atoms with Gasteiger partial charge in [-0.1, -0.05) is 30.3 Å². The summed E-state index contributed by atoms with van der Waals surface area (Å²) in [4.78, 5) is 26.2. The SMILES string of the molecule is O=C(O)[C@@H]1CN(C(=O)c2ccc(OCC3CC3)cc2)C[C@@H]1c1ccccc1. The summed E-state index contributed by atoms with van der Waals surface area (Å²) >= 11 is 0. The molecule has 2 aromatic rings. The molecule has 5 heteroatoms. The molecule has 1 amide bonds. The molecule has 0 bridgehead atoms. The lowest BCUT2D eigenvalue weighted by atomic mass is 9.89. The van der Waals surface area contributed by atoms with E-state index in [1.165, 1.54) is 12.8 Å². The van der Waals surface area contributed by atoms with Crippen molar-refractivity contribution in [3.63, 3.8) is 0 Å². The fourth-order valence-electron chi connectivity index (χ4n) is 3.63. The Morgan fingerprint density at radius 3 is 2.33 bits per heavy atom. The van der Waals surface area contributed by atoms with Gasteiger partial charge in [0, 0.05) is 24.6 Å². The van der Waals surface area contributed by atoms with Crippen molar-refractivity contribution in [3.8, 4) is 5.75 Å². The third-order valence-corrected chi connectivity index (χ3v) is 5.44. The summed E-state index contributed by atoms with van der Waals surface area (Å²) in [5.74, 6) is -0.313. The number of aliphatic carboxylic acids is 1. The number of carbonyl (C=O) groups is 2. The van der Waals surface area contributed by atoms with Gasteiger partial charge in [0.05, 0.1) is 12.5 Å². The van der Waals surface area contributed by atoms with E-state index in [1.54, 1.807) is 17.0 Å². The molecule has 2 fully saturated rings. The predicted octanol–water partition coefficient (Wildman–Crippen LogP) is 3.42. The smallest absolute Gasteiger partial charge is 0.308 e. The highest BCUT2D eigenvalue weighted by Gasteiger charge is 2.40. The molecule has 4 rings (SSSR count). The van der Waals surface area contributed by atoms with Crippen LogP contribution in [0.2, 0.25) is 0 Å². The first-order chi connectivity index (χ1) is 13.1. The number of carboxylic acid groups (broad SMARTS) is 1. The molecular weight excluding hydrogens is 342 g/mol. The number of ether oxygens (including phenoxy) is 1. The fourth-order valence-corrected chi connectivity index (χ4v) is 3.63. The Bertz CT molecular complexity index is 814. The fraction of sp³-hybridized carbons (Fsp3) is 0.364. The lowest BCUT2D eigenvalue weighted by molar-refractivity contribution is -0.141. The summed E-state index contributed by atoms with van der Waals surface area (Å²) in [7, 11) is 0. The van der Waals surface area contributed by atoms with Gasteiger partial charge >= 0.3 is 5.97 Å². The number of likely N-dealkylation sites (tertiary alicyclic amines) is 1. The zero-order valence-electron chi connectivity index (χ0n) is 15.1. The second kappa shape index (κ2) is 7.43. The van der Waals surface area contributed by atoms with Gasteiger partial charge in [-0.05, 0) is 48.6 Å². The zero-order chi connectivity index (χ0) is 18.8. The summed E-state index contributed by atoms with van der Waals surface area (Å²) in [6.45, 7) is 1.38. The van der Waals surface area contributed by atoms with Gasteiger partial charge in [0.25, 0.3) is 5.91 Å². The quantitative estimate of drug-likeness (QED) is 0.852. The van der Waals surface area contributed by atoms with Crippen molar-refractivity contribution in [1.29, 1.82) is 0 Å². The van der Waals surface area contributed by atoms with Gasteiger partial charge in [0.1, 0.15) is 5.75 Å². The third kappa shape index (κ3) is 3.97. The highest BCUT2D eigenvalue weighted by atomic mass is 16.5. The van der Waals surface area contributed by atoms with Gasteiger partial charge in [-0.25, -0.2) is 0 Å². The molecule has 0 radical (unpaired) electrons. The second-order valence-corrected chi connectivity index (χ2v) is 7.45. The van der Waals surface area contributed by atoms with Gasteiger partial charge in [-0.2, -0.15) is 0 Å². The van der Waals surface area contributed by atoms with Gasteiger partial charge in [0.2, 0.25) is 0 Å². The number of rotatable bonds is 6. The van der Waals surface area contributed by atoms with Crippen LogP contribution in [0.15, 0.2) is 54.6 Å². The Morgan fingerprint density at radius 2 is 1.70 bits per heavy atom. The minimum absolute atomic E-state index is 0.131. The Morgan fingerprint density at radius 1 is 1.00 bits per heavy atom. The van der Waals surface area contributed by atoms with E-state index in [-0.39, 0.29) is 18.4 Å². The van der Waals surface area contributed by atoms with Crippen LogP contribution in [0.4, 0.5) is 0 Å². The molecule has 2 aliphatic rings. The number of nitrogens with zero attached hydrogens (tertiary/aromatic N) is 1. The van der Waals surface area contributed by atoms with Gasteiger partial charge < -0.3 is 14.7 Å². The molecule has 2 aromatic carbocycles. The second-order valence-electron chi connectivity index (χ2n) is 7.45. The van der Waals surface area contributed by atoms with Crippen molar-refractivity contribution in [2.45, 2.75) is 18.8 Å². The van der Waals surface area contributed by atoms with Crippen molar-refractivity contribution in [3.05, 3.63) is 65.7 Å². The maximum absolute atomic E-state index is 12.9. The number of carbonyl (C=O) groups excluding carboxylic acids is 1. The predicted molar refractivity (Wildman–Crippen MR) is 101 cm³/mol. The standard InChI is InChI=1S/C22H23NO4/c24-21(17-8-10-18(11-9-17)27-14-15-6-7-15)23-12-19(20(13-23)22(25)26)16-4-2-1-3-5-16/h1-5,8-11,15,19-20H,6-7,12-14H2,(H,25,26)/t19-,20-/m1/s1. The van der Waals surface area contributed by atoms with Crippen LogP contribution < -0.4 is 4.74 Å². The first-order valence-electron chi connectivity index (χ1n) is 9.41. The van der Waals surface area contributed by atoms with Crippen molar-refractivity contribution in [2.24, 2.45) is 11.8 Å². The van der Waals surface area contributed by atoms with Crippen LogP contribution in [-0.4, -0.2) is 41.6 Å². The van der Waals surface area contributed by atoms with E-state index >= 15 is 0 Å². The van der Waals surface area contributed by atoms with Crippen LogP contribution in [0.3, 0.4) is 0 Å². The molecule has 1 heterocycles. The van der Waals surface area contributed by atoms with Crippen LogP contribution in [0.1, 0.15) is 34.7 Å². The largest absolute Gasteiger partial charge is 0.493 e. The Labute approximate surface area is 158 Å². The molecule has 2 atom stereocenters. The maximum Gasteiger partial charge on any atom is 0.308 e. The topological polar surface area (TPSA) is 66.8 Å². The molecule has 0 spiro atoms. The molecule has 1 aliphatic carbocycles. The van der Waals surface area contributed by atoms with Crippen LogP contribution in [0.5, 0.6) is 5.75 Å². The molecule has 1 aliphatic heterocycles. The summed E-state index contributed by atoms with van der Waals surface area (Å²) in [5, 5.41) is 9.61. The zero-order valence-corrected chi connectivity index (χ0v) is 15.1. The number of benzene rings is 2. The van der Waals surface area contributed by atoms with Crippen molar-refractivity contribution in [2.75, 3.05) is 19.7 Å². The average Bonchev–Trinajstić information content (AvgIpc) is 3.42. The molecule has 1 saturated carbocycles. The normalized spacial score (nSPS) is 21.9. The lowest BCUT2D eigenvalue weighted by Crippen LogP contribution is -2.29. The third-order valence-electron chi connectivity index (χ3n) is 5.44. The molecule has 0 unspecified atom stereocenters. The Hall–Kier alpha value is -2.82. The average molecular weight is 365 g/mol. The number of amides is 1. The van der Waals surface area contributed by atoms with E-state index in [0.717, 1.165) is 17.9 Å². The Balaban J connectivity index is 1.45. The number of hydrogen-bond donors (Lipinski definition) is 1. The highest BCUT2D eigenvalue weighted by Crippen LogP contribution is 2.34. The van der Waals surface area contributed by atoms with Crippen LogP contribution in [0, 0.1) is 11.8 Å².